The molecule has 1 N–H and O–H groups in total. The van der Waals surface area contributed by atoms with Crippen LogP contribution in [0.15, 0.2) is 78.2 Å². The molecule has 3 aromatic rings. The molecule has 1 heterocycles. The van der Waals surface area contributed by atoms with Gasteiger partial charge in [-0.15, -0.1) is 11.8 Å². The Labute approximate surface area is 139 Å². The van der Waals surface area contributed by atoms with Crippen molar-refractivity contribution in [1.29, 1.82) is 0 Å². The zero-order valence-electron chi connectivity index (χ0n) is 12.6. The fourth-order valence-corrected chi connectivity index (χ4v) is 2.94. The van der Waals surface area contributed by atoms with E-state index in [0.29, 0.717) is 12.1 Å². The first-order chi connectivity index (χ1) is 11.3. The molecule has 0 saturated carbocycles. The van der Waals surface area contributed by atoms with Gasteiger partial charge in [0.15, 0.2) is 0 Å². The molecule has 0 saturated heterocycles. The lowest BCUT2D eigenvalue weighted by molar-refractivity contribution is 0.0956. The van der Waals surface area contributed by atoms with Gasteiger partial charge in [0.25, 0.3) is 5.91 Å². The molecule has 4 nitrogen and oxygen atoms in total. The predicted octanol–water partition coefficient (Wildman–Crippen LogP) is 3.39. The number of rotatable bonds is 6. The summed E-state index contributed by atoms with van der Waals surface area (Å²) in [5.41, 5.74) is 1.65. The minimum atomic E-state index is -0.0455. The quantitative estimate of drug-likeness (QED) is 0.559. The standard InChI is InChI=1S/C18H17N3OS/c22-18(20-11-13-23-17-4-2-1-3-5-17)15-6-8-16(9-7-15)21-12-10-19-14-21/h1-10,12,14H,11,13H2,(H,20,22). The van der Waals surface area contributed by atoms with E-state index in [1.807, 2.05) is 53.2 Å². The van der Waals surface area contributed by atoms with Crippen LogP contribution in [0.1, 0.15) is 10.4 Å². The summed E-state index contributed by atoms with van der Waals surface area (Å²) in [5, 5.41) is 2.94. The normalized spacial score (nSPS) is 10.4. The Balaban J connectivity index is 1.48. The van der Waals surface area contributed by atoms with E-state index in [1.165, 1.54) is 4.90 Å². The van der Waals surface area contributed by atoms with Gasteiger partial charge in [0.2, 0.25) is 0 Å². The summed E-state index contributed by atoms with van der Waals surface area (Å²) in [6.07, 6.45) is 5.33. The third kappa shape index (κ3) is 4.23. The molecule has 0 radical (unpaired) electrons. The van der Waals surface area contributed by atoms with Crippen molar-refractivity contribution in [2.75, 3.05) is 12.3 Å². The molecule has 23 heavy (non-hydrogen) atoms. The molecule has 0 aliphatic carbocycles. The van der Waals surface area contributed by atoms with Crippen LogP contribution in [0, 0.1) is 0 Å². The van der Waals surface area contributed by atoms with Crippen molar-refractivity contribution < 1.29 is 4.79 Å². The Kier molecular flexibility index (Phi) is 5.11. The number of imidazole rings is 1. The SMILES string of the molecule is O=C(NCCSc1ccccc1)c1ccc(-n2ccnc2)cc1. The third-order valence-corrected chi connectivity index (χ3v) is 4.35. The van der Waals surface area contributed by atoms with E-state index < -0.39 is 0 Å². The Bertz CT molecular complexity index is 740. The molecular weight excluding hydrogens is 306 g/mol. The Morgan fingerprint density at radius 3 is 2.57 bits per heavy atom. The van der Waals surface area contributed by atoms with Gasteiger partial charge in [-0.05, 0) is 36.4 Å². The second-order valence-electron chi connectivity index (χ2n) is 4.93. The van der Waals surface area contributed by atoms with Crippen LogP contribution in [0.2, 0.25) is 0 Å². The number of carbonyl (C=O) groups is 1. The summed E-state index contributed by atoms with van der Waals surface area (Å²) < 4.78 is 1.90. The van der Waals surface area contributed by atoms with Gasteiger partial charge in [0, 0.05) is 40.8 Å². The number of carbonyl (C=O) groups excluding carboxylic acids is 1. The highest BCUT2D eigenvalue weighted by Gasteiger charge is 2.05. The largest absolute Gasteiger partial charge is 0.351 e. The second kappa shape index (κ2) is 7.65. The lowest BCUT2D eigenvalue weighted by Gasteiger charge is -2.07. The fourth-order valence-electron chi connectivity index (χ4n) is 2.15. The van der Waals surface area contributed by atoms with Gasteiger partial charge in [0.1, 0.15) is 0 Å². The van der Waals surface area contributed by atoms with Crippen LogP contribution in [0.4, 0.5) is 0 Å². The zero-order chi connectivity index (χ0) is 15.9. The number of amides is 1. The molecular formula is C18H17N3OS. The number of hydrogen-bond acceptors (Lipinski definition) is 3. The third-order valence-electron chi connectivity index (χ3n) is 3.33. The summed E-state index contributed by atoms with van der Waals surface area (Å²) in [6, 6.07) is 17.7. The monoisotopic (exact) mass is 323 g/mol. The van der Waals surface area contributed by atoms with Crippen LogP contribution in [0.25, 0.3) is 5.69 Å². The first-order valence-electron chi connectivity index (χ1n) is 7.37. The van der Waals surface area contributed by atoms with Crippen LogP contribution in [0.3, 0.4) is 0 Å². The lowest BCUT2D eigenvalue weighted by Crippen LogP contribution is -2.25. The first kappa shape index (κ1) is 15.4. The molecule has 1 aromatic heterocycles. The van der Waals surface area contributed by atoms with Crippen molar-refractivity contribution in [2.45, 2.75) is 4.90 Å². The van der Waals surface area contributed by atoms with E-state index in [4.69, 9.17) is 0 Å². The highest BCUT2D eigenvalue weighted by Crippen LogP contribution is 2.16. The Morgan fingerprint density at radius 2 is 1.87 bits per heavy atom. The molecule has 0 aliphatic rings. The molecule has 0 unspecified atom stereocenters. The number of benzene rings is 2. The summed E-state index contributed by atoms with van der Waals surface area (Å²) in [6.45, 7) is 0.641. The Morgan fingerprint density at radius 1 is 1.09 bits per heavy atom. The minimum Gasteiger partial charge on any atom is -0.351 e. The number of nitrogens with one attached hydrogen (secondary N) is 1. The minimum absolute atomic E-state index is 0.0455. The van der Waals surface area contributed by atoms with E-state index >= 15 is 0 Å². The summed E-state index contributed by atoms with van der Waals surface area (Å²) in [4.78, 5) is 17.3. The van der Waals surface area contributed by atoms with Crippen molar-refractivity contribution >= 4 is 17.7 Å². The van der Waals surface area contributed by atoms with Crippen LogP contribution in [0.5, 0.6) is 0 Å². The molecule has 0 spiro atoms. The van der Waals surface area contributed by atoms with Crippen molar-refractivity contribution in [3.8, 4) is 5.69 Å². The van der Waals surface area contributed by atoms with Gasteiger partial charge in [-0.1, -0.05) is 18.2 Å². The zero-order valence-corrected chi connectivity index (χ0v) is 13.4. The van der Waals surface area contributed by atoms with Gasteiger partial charge in [-0.25, -0.2) is 4.98 Å². The lowest BCUT2D eigenvalue weighted by atomic mass is 10.2. The molecule has 0 aliphatic heterocycles. The summed E-state index contributed by atoms with van der Waals surface area (Å²) in [5.74, 6) is 0.805. The maximum absolute atomic E-state index is 12.1. The molecule has 3 rings (SSSR count). The molecule has 5 heteroatoms. The van der Waals surface area contributed by atoms with Gasteiger partial charge >= 0.3 is 0 Å². The highest BCUT2D eigenvalue weighted by atomic mass is 32.2. The summed E-state index contributed by atoms with van der Waals surface area (Å²) in [7, 11) is 0. The molecule has 116 valence electrons. The molecule has 2 aromatic carbocycles. The van der Waals surface area contributed by atoms with E-state index in [9.17, 15) is 4.79 Å². The predicted molar refractivity (Wildman–Crippen MR) is 93.1 cm³/mol. The highest BCUT2D eigenvalue weighted by molar-refractivity contribution is 7.99. The smallest absolute Gasteiger partial charge is 0.251 e. The van der Waals surface area contributed by atoms with Crippen LogP contribution < -0.4 is 5.32 Å². The van der Waals surface area contributed by atoms with Crippen molar-refractivity contribution in [3.63, 3.8) is 0 Å². The Hall–Kier alpha value is -2.53. The van der Waals surface area contributed by atoms with Crippen molar-refractivity contribution in [2.24, 2.45) is 0 Å². The fraction of sp³-hybridized carbons (Fsp3) is 0.111. The maximum atomic E-state index is 12.1. The van der Waals surface area contributed by atoms with E-state index in [2.05, 4.69) is 22.4 Å². The van der Waals surface area contributed by atoms with Crippen molar-refractivity contribution in [3.05, 3.63) is 78.9 Å². The number of thioether (sulfide) groups is 1. The average Bonchev–Trinajstić information content (AvgIpc) is 3.14. The number of aromatic nitrogens is 2. The van der Waals surface area contributed by atoms with Crippen molar-refractivity contribution in [1.82, 2.24) is 14.9 Å². The van der Waals surface area contributed by atoms with Gasteiger partial charge < -0.3 is 9.88 Å². The van der Waals surface area contributed by atoms with Crippen LogP contribution in [-0.4, -0.2) is 27.8 Å². The molecule has 0 atom stereocenters. The first-order valence-corrected chi connectivity index (χ1v) is 8.36. The maximum Gasteiger partial charge on any atom is 0.251 e. The van der Waals surface area contributed by atoms with Crippen LogP contribution >= 0.6 is 11.8 Å². The average molecular weight is 323 g/mol. The second-order valence-corrected chi connectivity index (χ2v) is 6.10. The number of nitrogens with zero attached hydrogens (tertiary/aromatic N) is 2. The van der Waals surface area contributed by atoms with E-state index in [-0.39, 0.29) is 5.91 Å². The van der Waals surface area contributed by atoms with Crippen LogP contribution in [-0.2, 0) is 0 Å². The summed E-state index contributed by atoms with van der Waals surface area (Å²) >= 11 is 1.73. The topological polar surface area (TPSA) is 46.9 Å². The number of hydrogen-bond donors (Lipinski definition) is 1. The van der Waals surface area contributed by atoms with E-state index in [1.54, 1.807) is 24.3 Å². The van der Waals surface area contributed by atoms with E-state index in [0.717, 1.165) is 11.4 Å². The van der Waals surface area contributed by atoms with Gasteiger partial charge in [0.05, 0.1) is 6.33 Å². The van der Waals surface area contributed by atoms with Gasteiger partial charge in [-0.3, -0.25) is 4.79 Å². The molecule has 1 amide bonds. The molecule has 0 bridgehead atoms. The van der Waals surface area contributed by atoms with Gasteiger partial charge in [-0.2, -0.15) is 0 Å². The molecule has 0 fully saturated rings.